The lowest BCUT2D eigenvalue weighted by atomic mass is 9.90. The van der Waals surface area contributed by atoms with Gasteiger partial charge in [-0.2, -0.15) is 5.10 Å². The van der Waals surface area contributed by atoms with E-state index in [-0.39, 0.29) is 23.6 Å². The van der Waals surface area contributed by atoms with Crippen molar-refractivity contribution in [3.8, 4) is 11.1 Å². The molecule has 0 spiro atoms. The van der Waals surface area contributed by atoms with Gasteiger partial charge < -0.3 is 24.8 Å². The van der Waals surface area contributed by atoms with E-state index in [4.69, 9.17) is 4.74 Å². The molecule has 1 aromatic heterocycles. The lowest BCUT2D eigenvalue weighted by Crippen LogP contribution is -2.47. The summed E-state index contributed by atoms with van der Waals surface area (Å²) in [5.74, 6) is -0.979. The fraction of sp³-hybridized carbons (Fsp3) is 0.583. The molecule has 12 heteroatoms. The zero-order valence-corrected chi connectivity index (χ0v) is 28.9. The van der Waals surface area contributed by atoms with Gasteiger partial charge in [-0.25, -0.2) is 18.0 Å². The summed E-state index contributed by atoms with van der Waals surface area (Å²) in [6, 6.07) is 7.88. The molecule has 0 radical (unpaired) electrons. The average molecular weight is 671 g/mol. The summed E-state index contributed by atoms with van der Waals surface area (Å²) in [7, 11) is 1.86. The van der Waals surface area contributed by atoms with Crippen molar-refractivity contribution >= 4 is 22.9 Å². The number of alkyl halides is 2. The Morgan fingerprint density at radius 2 is 1.71 bits per heavy atom. The maximum atomic E-state index is 14.6. The SMILES string of the molecule is CC(C)N(CC(F)F)C(=O)c1cc(F)ccc1-c1cc([C@@H]2CCN(CCN3CCC(NC(=O)OC(C)(C)C)CC3)C2)cc2c1cnn2C. The van der Waals surface area contributed by atoms with E-state index in [9.17, 15) is 22.8 Å². The Hall–Kier alpha value is -3.64. The standard InChI is InChI=1S/C36H49F3N6O3/c1-23(2)45(22-33(38)39)34(46)30-19-26(37)7-8-28(30)29-17-25(18-32-31(29)20-40-42(32)6)24-9-12-44(21-24)16-15-43-13-10-27(11-14-43)41-35(47)48-36(3,4)5/h7-8,17-20,23-24,27,33H,9-16,21-22H2,1-6H3,(H,41,47)/t24-/m1/s1. The third kappa shape index (κ3) is 8.68. The van der Waals surface area contributed by atoms with Crippen LogP contribution in [0.3, 0.4) is 0 Å². The highest BCUT2D eigenvalue weighted by Crippen LogP contribution is 2.37. The second-order valence-corrected chi connectivity index (χ2v) is 14.5. The molecule has 9 nitrogen and oxygen atoms in total. The van der Waals surface area contributed by atoms with Crippen LogP contribution in [0.1, 0.15) is 75.7 Å². The van der Waals surface area contributed by atoms with Crippen LogP contribution in [0, 0.1) is 5.82 Å². The first kappa shape index (κ1) is 35.7. The van der Waals surface area contributed by atoms with E-state index in [0.29, 0.717) is 5.56 Å². The second-order valence-electron chi connectivity index (χ2n) is 14.5. The number of nitrogens with one attached hydrogen (secondary N) is 1. The van der Waals surface area contributed by atoms with Crippen molar-refractivity contribution in [3.05, 3.63) is 53.5 Å². The summed E-state index contributed by atoms with van der Waals surface area (Å²) in [4.78, 5) is 31.9. The van der Waals surface area contributed by atoms with Crippen LogP contribution in [0.5, 0.6) is 0 Å². The van der Waals surface area contributed by atoms with Crippen molar-refractivity contribution < 1.29 is 27.5 Å². The van der Waals surface area contributed by atoms with Gasteiger partial charge in [-0.05, 0) is 107 Å². The maximum Gasteiger partial charge on any atom is 0.407 e. The molecule has 48 heavy (non-hydrogen) atoms. The molecule has 3 heterocycles. The summed E-state index contributed by atoms with van der Waals surface area (Å²) in [6.45, 7) is 13.8. The molecule has 1 atom stereocenters. The lowest BCUT2D eigenvalue weighted by Gasteiger charge is -2.33. The van der Waals surface area contributed by atoms with E-state index in [1.165, 1.54) is 6.07 Å². The van der Waals surface area contributed by atoms with Crippen LogP contribution in [-0.2, 0) is 11.8 Å². The van der Waals surface area contributed by atoms with Crippen molar-refractivity contribution in [1.29, 1.82) is 0 Å². The molecular formula is C36H49F3N6O3. The van der Waals surface area contributed by atoms with E-state index in [1.807, 2.05) is 27.8 Å². The molecule has 2 amide bonds. The van der Waals surface area contributed by atoms with Crippen LogP contribution < -0.4 is 5.32 Å². The zero-order chi connectivity index (χ0) is 34.7. The fourth-order valence-electron chi connectivity index (χ4n) is 6.85. The van der Waals surface area contributed by atoms with Crippen LogP contribution in [0.2, 0.25) is 0 Å². The predicted octanol–water partition coefficient (Wildman–Crippen LogP) is 6.27. The number of hydrogen-bond acceptors (Lipinski definition) is 6. The Morgan fingerprint density at radius 3 is 2.38 bits per heavy atom. The molecule has 262 valence electrons. The minimum atomic E-state index is -2.71. The van der Waals surface area contributed by atoms with Gasteiger partial charge >= 0.3 is 6.09 Å². The highest BCUT2D eigenvalue weighted by Gasteiger charge is 2.30. The van der Waals surface area contributed by atoms with E-state index in [0.717, 1.165) is 91.5 Å². The van der Waals surface area contributed by atoms with Crippen LogP contribution >= 0.6 is 0 Å². The van der Waals surface area contributed by atoms with Crippen molar-refractivity contribution in [3.63, 3.8) is 0 Å². The number of nitrogens with zero attached hydrogens (tertiary/aromatic N) is 5. The largest absolute Gasteiger partial charge is 0.444 e. The van der Waals surface area contributed by atoms with Gasteiger partial charge in [0.15, 0.2) is 0 Å². The Morgan fingerprint density at radius 1 is 1.02 bits per heavy atom. The van der Waals surface area contributed by atoms with E-state index in [2.05, 4.69) is 32.3 Å². The number of rotatable bonds is 10. The number of halogens is 3. The molecule has 2 aliphatic heterocycles. The molecule has 5 rings (SSSR count). The number of carbonyl (C=O) groups is 2. The number of amides is 2. The van der Waals surface area contributed by atoms with Crippen molar-refractivity contribution in [2.75, 3.05) is 45.8 Å². The van der Waals surface area contributed by atoms with Gasteiger partial charge in [0.2, 0.25) is 0 Å². The van der Waals surface area contributed by atoms with Crippen molar-refractivity contribution in [2.45, 2.75) is 83.9 Å². The molecular weight excluding hydrogens is 621 g/mol. The average Bonchev–Trinajstić information content (AvgIpc) is 3.64. The number of ether oxygens (including phenoxy) is 1. The third-order valence-electron chi connectivity index (χ3n) is 9.39. The van der Waals surface area contributed by atoms with Crippen molar-refractivity contribution in [1.82, 2.24) is 29.8 Å². The number of benzene rings is 2. The monoisotopic (exact) mass is 670 g/mol. The first-order valence-corrected chi connectivity index (χ1v) is 17.0. The Bertz CT molecular complexity index is 1600. The number of aromatic nitrogens is 2. The minimum absolute atomic E-state index is 0.0600. The van der Waals surface area contributed by atoms with E-state index in [1.54, 1.807) is 30.8 Å². The Kier molecular flexibility index (Phi) is 11.0. The molecule has 0 bridgehead atoms. The molecule has 3 aromatic rings. The summed E-state index contributed by atoms with van der Waals surface area (Å²) in [5.41, 5.74) is 2.78. The van der Waals surface area contributed by atoms with Crippen LogP contribution in [0.4, 0.5) is 18.0 Å². The molecule has 2 saturated heterocycles. The van der Waals surface area contributed by atoms with E-state index >= 15 is 0 Å². The topological polar surface area (TPSA) is 82.9 Å². The fourth-order valence-corrected chi connectivity index (χ4v) is 6.85. The summed E-state index contributed by atoms with van der Waals surface area (Å²) in [6.07, 6.45) is 1.41. The molecule has 0 aliphatic carbocycles. The number of alkyl carbamates (subject to hydrolysis) is 1. The molecule has 0 saturated carbocycles. The first-order valence-electron chi connectivity index (χ1n) is 17.0. The lowest BCUT2D eigenvalue weighted by molar-refractivity contribution is 0.0472. The highest BCUT2D eigenvalue weighted by atomic mass is 19.3. The quantitative estimate of drug-likeness (QED) is 0.274. The predicted molar refractivity (Wildman–Crippen MR) is 181 cm³/mol. The van der Waals surface area contributed by atoms with Gasteiger partial charge in [0.1, 0.15) is 11.4 Å². The smallest absolute Gasteiger partial charge is 0.407 e. The number of fused-ring (bicyclic) bond motifs is 1. The van der Waals surface area contributed by atoms with Gasteiger partial charge in [0.25, 0.3) is 12.3 Å². The molecule has 2 aliphatic rings. The first-order chi connectivity index (χ1) is 22.7. The van der Waals surface area contributed by atoms with E-state index < -0.39 is 36.3 Å². The van der Waals surface area contributed by atoms with Gasteiger partial charge in [-0.3, -0.25) is 9.48 Å². The summed E-state index contributed by atoms with van der Waals surface area (Å²) in [5, 5.41) is 8.29. The maximum absolute atomic E-state index is 14.6. The third-order valence-corrected chi connectivity index (χ3v) is 9.39. The van der Waals surface area contributed by atoms with Gasteiger partial charge in [-0.1, -0.05) is 6.07 Å². The number of carbonyl (C=O) groups excluding carboxylic acids is 2. The number of aryl methyl sites for hydroxylation is 1. The van der Waals surface area contributed by atoms with Crippen LogP contribution in [0.25, 0.3) is 22.0 Å². The van der Waals surface area contributed by atoms with Gasteiger partial charge in [0, 0.05) is 57.2 Å². The molecule has 1 N–H and O–H groups in total. The highest BCUT2D eigenvalue weighted by molar-refractivity contribution is 6.05. The second kappa shape index (κ2) is 14.9. The van der Waals surface area contributed by atoms with Crippen LogP contribution in [-0.4, -0.2) is 106 Å². The van der Waals surface area contributed by atoms with Crippen LogP contribution in [0.15, 0.2) is 36.5 Å². The normalized spacial score (nSPS) is 18.3. The Balaban J connectivity index is 1.29. The van der Waals surface area contributed by atoms with Crippen molar-refractivity contribution in [2.24, 2.45) is 7.05 Å². The molecule has 0 unspecified atom stereocenters. The molecule has 2 aromatic carbocycles. The number of likely N-dealkylation sites (tertiary alicyclic amines) is 2. The van der Waals surface area contributed by atoms with Gasteiger partial charge in [-0.15, -0.1) is 0 Å². The molecule has 2 fully saturated rings. The summed E-state index contributed by atoms with van der Waals surface area (Å²) < 4.78 is 48.7. The van der Waals surface area contributed by atoms with Gasteiger partial charge in [0.05, 0.1) is 23.8 Å². The number of piperidine rings is 1. The summed E-state index contributed by atoms with van der Waals surface area (Å²) >= 11 is 0. The Labute approximate surface area is 281 Å². The minimum Gasteiger partial charge on any atom is -0.444 e. The number of hydrogen-bond donors (Lipinski definition) is 1. The zero-order valence-electron chi connectivity index (χ0n) is 28.9.